The molecule has 1 N–H and O–H groups in total. The number of rotatable bonds is 6. The molecule has 5 nitrogen and oxygen atoms in total. The Hall–Kier alpha value is -1.10. The van der Waals surface area contributed by atoms with Gasteiger partial charge < -0.3 is 15.0 Å². The Morgan fingerprint density at radius 3 is 2.62 bits per heavy atom. The Labute approximate surface area is 127 Å². The Bertz CT molecular complexity index is 376. The zero-order valence-corrected chi connectivity index (χ0v) is 13.3. The molecule has 1 aliphatic carbocycles. The number of carbonyl (C=O) groups excluding carboxylic acids is 2. The molecule has 1 saturated heterocycles. The van der Waals surface area contributed by atoms with Gasteiger partial charge in [0.1, 0.15) is 5.54 Å². The molecular formula is C16H28N2O3. The average molecular weight is 296 g/mol. The van der Waals surface area contributed by atoms with Crippen molar-refractivity contribution in [1.82, 2.24) is 10.2 Å². The third-order valence-corrected chi connectivity index (χ3v) is 4.49. The number of amides is 2. The van der Waals surface area contributed by atoms with Gasteiger partial charge in [0, 0.05) is 26.1 Å². The number of ether oxygens (including phenoxy) is 1. The van der Waals surface area contributed by atoms with Crippen LogP contribution in [0, 0.1) is 5.92 Å². The molecule has 5 heteroatoms. The molecule has 1 saturated carbocycles. The molecule has 0 aromatic carbocycles. The van der Waals surface area contributed by atoms with E-state index in [2.05, 4.69) is 19.2 Å². The van der Waals surface area contributed by atoms with Gasteiger partial charge in [-0.2, -0.15) is 0 Å². The Morgan fingerprint density at radius 1 is 1.24 bits per heavy atom. The van der Waals surface area contributed by atoms with Crippen molar-refractivity contribution in [2.45, 2.75) is 57.9 Å². The van der Waals surface area contributed by atoms with Crippen LogP contribution in [-0.2, 0) is 14.3 Å². The van der Waals surface area contributed by atoms with Crippen LogP contribution < -0.4 is 5.32 Å². The fraction of sp³-hybridized carbons (Fsp3) is 0.875. The van der Waals surface area contributed by atoms with E-state index >= 15 is 0 Å². The van der Waals surface area contributed by atoms with Crippen molar-refractivity contribution in [3.63, 3.8) is 0 Å². The molecule has 1 aliphatic heterocycles. The van der Waals surface area contributed by atoms with Gasteiger partial charge in [0.25, 0.3) is 0 Å². The van der Waals surface area contributed by atoms with Crippen LogP contribution in [0.25, 0.3) is 0 Å². The first-order valence-electron chi connectivity index (χ1n) is 8.22. The minimum absolute atomic E-state index is 0.00785. The van der Waals surface area contributed by atoms with E-state index in [1.807, 2.05) is 4.90 Å². The van der Waals surface area contributed by atoms with Crippen LogP contribution in [0.15, 0.2) is 0 Å². The first-order valence-corrected chi connectivity index (χ1v) is 8.22. The normalized spacial score (nSPS) is 22.0. The summed E-state index contributed by atoms with van der Waals surface area (Å²) in [6, 6.07) is 0. The summed E-state index contributed by atoms with van der Waals surface area (Å²) in [5.74, 6) is 0.736. The van der Waals surface area contributed by atoms with E-state index in [-0.39, 0.29) is 11.8 Å². The first kappa shape index (κ1) is 16.3. The second kappa shape index (κ2) is 7.25. The van der Waals surface area contributed by atoms with Crippen LogP contribution in [0.4, 0.5) is 0 Å². The van der Waals surface area contributed by atoms with Crippen molar-refractivity contribution in [3.8, 4) is 0 Å². The standard InChI is InChI=1S/C16H28N2O3/c1-13(2)6-11-21-12-10-18-9-5-14(19)17-16(15(18)20)7-3-4-8-16/h13H,3-12H2,1-2H3,(H,17,19). The number of hydrogen-bond acceptors (Lipinski definition) is 3. The summed E-state index contributed by atoms with van der Waals surface area (Å²) in [5.41, 5.74) is -0.620. The van der Waals surface area contributed by atoms with Gasteiger partial charge >= 0.3 is 0 Å². The smallest absolute Gasteiger partial charge is 0.248 e. The van der Waals surface area contributed by atoms with Crippen LogP contribution in [0.1, 0.15) is 52.4 Å². The zero-order chi connectivity index (χ0) is 15.3. The molecule has 0 unspecified atom stereocenters. The van der Waals surface area contributed by atoms with Gasteiger partial charge in [-0.25, -0.2) is 0 Å². The van der Waals surface area contributed by atoms with Gasteiger partial charge in [-0.05, 0) is 25.2 Å². The van der Waals surface area contributed by atoms with Crippen molar-refractivity contribution in [1.29, 1.82) is 0 Å². The van der Waals surface area contributed by atoms with Crippen molar-refractivity contribution in [3.05, 3.63) is 0 Å². The quantitative estimate of drug-likeness (QED) is 0.759. The second-order valence-corrected chi connectivity index (χ2v) is 6.67. The van der Waals surface area contributed by atoms with Gasteiger partial charge in [0.05, 0.1) is 6.61 Å². The summed E-state index contributed by atoms with van der Waals surface area (Å²) in [5, 5.41) is 2.98. The molecule has 2 fully saturated rings. The lowest BCUT2D eigenvalue weighted by atomic mass is 9.96. The molecule has 2 aliphatic rings. The maximum atomic E-state index is 12.7. The Balaban J connectivity index is 1.86. The summed E-state index contributed by atoms with van der Waals surface area (Å²) >= 11 is 0. The SMILES string of the molecule is CC(C)CCOCCN1CCC(=O)NC2(CCCC2)C1=O. The van der Waals surface area contributed by atoms with E-state index in [1.165, 1.54) is 0 Å². The molecule has 0 aromatic rings. The largest absolute Gasteiger partial charge is 0.380 e. The highest BCUT2D eigenvalue weighted by atomic mass is 16.5. The predicted octanol–water partition coefficient (Wildman–Crippen LogP) is 1.71. The Kier molecular flexibility index (Phi) is 5.62. The van der Waals surface area contributed by atoms with E-state index in [1.54, 1.807) is 0 Å². The van der Waals surface area contributed by atoms with Crippen LogP contribution >= 0.6 is 0 Å². The van der Waals surface area contributed by atoms with E-state index in [0.717, 1.165) is 38.7 Å². The van der Waals surface area contributed by atoms with Gasteiger partial charge in [-0.1, -0.05) is 26.7 Å². The topological polar surface area (TPSA) is 58.6 Å². The molecule has 1 spiro atoms. The monoisotopic (exact) mass is 296 g/mol. The van der Waals surface area contributed by atoms with Crippen molar-refractivity contribution in [2.75, 3.05) is 26.3 Å². The fourth-order valence-electron chi connectivity index (χ4n) is 3.15. The molecule has 2 amide bonds. The summed E-state index contributed by atoms with van der Waals surface area (Å²) in [6.45, 7) is 6.74. The van der Waals surface area contributed by atoms with Crippen LogP contribution in [-0.4, -0.2) is 48.6 Å². The van der Waals surface area contributed by atoms with Crippen molar-refractivity contribution < 1.29 is 14.3 Å². The summed E-state index contributed by atoms with van der Waals surface area (Å²) in [7, 11) is 0. The second-order valence-electron chi connectivity index (χ2n) is 6.67. The first-order chi connectivity index (χ1) is 10.0. The molecule has 1 heterocycles. The third-order valence-electron chi connectivity index (χ3n) is 4.49. The van der Waals surface area contributed by atoms with E-state index in [4.69, 9.17) is 4.74 Å². The molecule has 0 radical (unpaired) electrons. The average Bonchev–Trinajstić information content (AvgIpc) is 2.86. The molecule has 0 aromatic heterocycles. The number of nitrogens with one attached hydrogen (secondary N) is 1. The minimum Gasteiger partial charge on any atom is -0.380 e. The van der Waals surface area contributed by atoms with Gasteiger partial charge in [-0.15, -0.1) is 0 Å². The van der Waals surface area contributed by atoms with E-state index in [0.29, 0.717) is 32.0 Å². The third kappa shape index (κ3) is 4.19. The van der Waals surface area contributed by atoms with E-state index < -0.39 is 5.54 Å². The molecule has 120 valence electrons. The number of hydrogen-bond donors (Lipinski definition) is 1. The van der Waals surface area contributed by atoms with Crippen LogP contribution in [0.3, 0.4) is 0 Å². The summed E-state index contributed by atoms with van der Waals surface area (Å²) < 4.78 is 5.62. The lowest BCUT2D eigenvalue weighted by Gasteiger charge is -2.31. The molecule has 21 heavy (non-hydrogen) atoms. The van der Waals surface area contributed by atoms with Crippen molar-refractivity contribution >= 4 is 11.8 Å². The van der Waals surface area contributed by atoms with E-state index in [9.17, 15) is 9.59 Å². The maximum absolute atomic E-state index is 12.7. The van der Waals surface area contributed by atoms with Crippen LogP contribution in [0.5, 0.6) is 0 Å². The minimum atomic E-state index is -0.620. The highest BCUT2D eigenvalue weighted by Gasteiger charge is 2.46. The summed E-state index contributed by atoms with van der Waals surface area (Å²) in [4.78, 5) is 26.4. The predicted molar refractivity (Wildman–Crippen MR) is 80.8 cm³/mol. The fourth-order valence-corrected chi connectivity index (χ4v) is 3.15. The van der Waals surface area contributed by atoms with Crippen molar-refractivity contribution in [2.24, 2.45) is 5.92 Å². The van der Waals surface area contributed by atoms with Gasteiger partial charge in [-0.3, -0.25) is 9.59 Å². The number of carbonyl (C=O) groups is 2. The lowest BCUT2D eigenvalue weighted by molar-refractivity contribution is -0.139. The van der Waals surface area contributed by atoms with Gasteiger partial charge in [0.2, 0.25) is 11.8 Å². The molecule has 2 rings (SSSR count). The molecular weight excluding hydrogens is 268 g/mol. The molecule has 0 bridgehead atoms. The van der Waals surface area contributed by atoms with Gasteiger partial charge in [0.15, 0.2) is 0 Å². The lowest BCUT2D eigenvalue weighted by Crippen LogP contribution is -2.55. The maximum Gasteiger partial charge on any atom is 0.248 e. The zero-order valence-electron chi connectivity index (χ0n) is 13.3. The molecule has 0 atom stereocenters. The van der Waals surface area contributed by atoms with Crippen LogP contribution in [0.2, 0.25) is 0 Å². The number of nitrogens with zero attached hydrogens (tertiary/aromatic N) is 1. The summed E-state index contributed by atoms with van der Waals surface area (Å²) in [6.07, 6.45) is 5.04. The highest BCUT2D eigenvalue weighted by Crippen LogP contribution is 2.32. The highest BCUT2D eigenvalue weighted by molar-refractivity contribution is 5.93. The Morgan fingerprint density at radius 2 is 1.95 bits per heavy atom.